The highest BCUT2D eigenvalue weighted by molar-refractivity contribution is 7.25. The molecule has 0 atom stereocenters. The number of allylic oxidation sites excluding steroid dienone is 6. The van der Waals surface area contributed by atoms with Crippen LogP contribution in [0.1, 0.15) is 50.3 Å². The third kappa shape index (κ3) is 4.59. The molecule has 0 aliphatic heterocycles. The van der Waals surface area contributed by atoms with Crippen molar-refractivity contribution in [3.8, 4) is 0 Å². The quantitative estimate of drug-likeness (QED) is 0.373. The van der Waals surface area contributed by atoms with E-state index < -0.39 is 0 Å². The highest BCUT2D eigenvalue weighted by Crippen LogP contribution is 2.46. The van der Waals surface area contributed by atoms with Crippen LogP contribution in [0, 0.1) is 0 Å². The molecule has 0 amide bonds. The van der Waals surface area contributed by atoms with Crippen LogP contribution in [0.4, 0.5) is 0 Å². The highest BCUT2D eigenvalue weighted by Gasteiger charge is 2.31. The average Bonchev–Trinajstić information content (AvgIpc) is 2.88. The Morgan fingerprint density at radius 1 is 0.594 bits per heavy atom. The van der Waals surface area contributed by atoms with Gasteiger partial charge in [0, 0.05) is 0 Å². The summed E-state index contributed by atoms with van der Waals surface area (Å²) in [6.07, 6.45) is 1.71. The second kappa shape index (κ2) is 10.1. The summed E-state index contributed by atoms with van der Waals surface area (Å²) in [7, 11) is 0.167. The summed E-state index contributed by atoms with van der Waals surface area (Å²) in [5, 5.41) is 0. The summed E-state index contributed by atoms with van der Waals surface area (Å²) in [5.41, 5.74) is 11.3. The molecule has 0 radical (unpaired) electrons. The lowest BCUT2D eigenvalue weighted by molar-refractivity contribution is 0.594. The minimum absolute atomic E-state index is 0.0947. The molecule has 1 nitrogen and oxygen atoms in total. The van der Waals surface area contributed by atoms with Crippen molar-refractivity contribution >= 4 is 25.2 Å². The van der Waals surface area contributed by atoms with Crippen molar-refractivity contribution in [1.82, 2.24) is 0 Å². The smallest absolute Gasteiger partial charge is 0.167 e. The van der Waals surface area contributed by atoms with Crippen molar-refractivity contribution in [3.63, 3.8) is 0 Å². The zero-order valence-electron chi connectivity index (χ0n) is 19.0. The molecule has 32 heavy (non-hydrogen) atoms. The standard InChI is InChI=1S/C30H29OP/c1-21(24-13-7-4-8-14-24)27-19-28(22(2)25-15-9-5-10-16-25)30(32-31)29(20-27)23(3)26-17-11-6-12-18-26/h4-18,30H,19-20H2,1-3H3. The number of benzene rings is 3. The normalized spacial score (nSPS) is 19.6. The first-order valence-corrected chi connectivity index (χ1v) is 12.0. The second-order valence-corrected chi connectivity index (χ2v) is 9.22. The lowest BCUT2D eigenvalue weighted by atomic mass is 9.77. The van der Waals surface area contributed by atoms with Crippen LogP contribution in [-0.2, 0) is 4.57 Å². The minimum Gasteiger partial charge on any atom is -0.274 e. The molecule has 1 aliphatic carbocycles. The average molecular weight is 437 g/mol. The van der Waals surface area contributed by atoms with Crippen LogP contribution in [0.25, 0.3) is 16.7 Å². The van der Waals surface area contributed by atoms with Crippen molar-refractivity contribution in [3.05, 3.63) is 124 Å². The first-order chi connectivity index (χ1) is 15.6. The predicted octanol–water partition coefficient (Wildman–Crippen LogP) is 8.86. The molecule has 0 unspecified atom stereocenters. The van der Waals surface area contributed by atoms with E-state index in [-0.39, 0.29) is 14.1 Å². The molecule has 0 saturated heterocycles. The Morgan fingerprint density at radius 2 is 0.938 bits per heavy atom. The number of hydrogen-bond donors (Lipinski definition) is 0. The lowest BCUT2D eigenvalue weighted by Gasteiger charge is -2.31. The molecule has 1 fully saturated rings. The summed E-state index contributed by atoms with van der Waals surface area (Å²) in [6, 6.07) is 31.6. The summed E-state index contributed by atoms with van der Waals surface area (Å²) < 4.78 is 12.6. The fourth-order valence-corrected chi connectivity index (χ4v) is 5.46. The molecule has 0 N–H and O–H groups in total. The first kappa shape index (κ1) is 22.2. The minimum atomic E-state index is -0.0947. The summed E-state index contributed by atoms with van der Waals surface area (Å²) in [6.45, 7) is 6.59. The maximum atomic E-state index is 12.6. The molecule has 0 heterocycles. The van der Waals surface area contributed by atoms with Gasteiger partial charge in [-0.1, -0.05) is 96.6 Å². The molecule has 3 aromatic rings. The van der Waals surface area contributed by atoms with Crippen LogP contribution in [0.5, 0.6) is 0 Å². The third-order valence-electron chi connectivity index (χ3n) is 6.69. The number of rotatable bonds is 4. The molecule has 1 aliphatic rings. The van der Waals surface area contributed by atoms with Gasteiger partial charge in [-0.2, -0.15) is 0 Å². The Labute approximate surface area is 193 Å². The van der Waals surface area contributed by atoms with Crippen LogP contribution in [0.2, 0.25) is 0 Å². The maximum absolute atomic E-state index is 12.6. The molecule has 0 bridgehead atoms. The molecular weight excluding hydrogens is 407 g/mol. The Morgan fingerprint density at radius 3 is 1.28 bits per heavy atom. The molecule has 3 aromatic carbocycles. The van der Waals surface area contributed by atoms with E-state index in [9.17, 15) is 4.57 Å². The zero-order valence-corrected chi connectivity index (χ0v) is 19.9. The van der Waals surface area contributed by atoms with E-state index in [1.54, 1.807) is 0 Å². The molecule has 2 heteroatoms. The van der Waals surface area contributed by atoms with Gasteiger partial charge >= 0.3 is 0 Å². The van der Waals surface area contributed by atoms with Gasteiger partial charge in [-0.25, -0.2) is 0 Å². The van der Waals surface area contributed by atoms with Gasteiger partial charge < -0.3 is 0 Å². The largest absolute Gasteiger partial charge is 0.274 e. The third-order valence-corrected chi connectivity index (χ3v) is 7.52. The zero-order chi connectivity index (χ0) is 22.5. The van der Waals surface area contributed by atoms with E-state index in [2.05, 4.69) is 99.6 Å². The molecule has 0 spiro atoms. The van der Waals surface area contributed by atoms with Gasteiger partial charge in [0.15, 0.2) is 8.46 Å². The van der Waals surface area contributed by atoms with Gasteiger partial charge in [-0.15, -0.1) is 0 Å². The summed E-state index contributed by atoms with van der Waals surface area (Å²) in [4.78, 5) is 0. The Kier molecular flexibility index (Phi) is 6.98. The lowest BCUT2D eigenvalue weighted by Crippen LogP contribution is -2.18. The van der Waals surface area contributed by atoms with Crippen molar-refractivity contribution in [2.24, 2.45) is 0 Å². The van der Waals surface area contributed by atoms with Gasteiger partial charge in [-0.3, -0.25) is 4.57 Å². The molecule has 1 saturated carbocycles. The van der Waals surface area contributed by atoms with E-state index in [4.69, 9.17) is 0 Å². The van der Waals surface area contributed by atoms with Crippen molar-refractivity contribution < 1.29 is 4.57 Å². The fraction of sp³-hybridized carbons (Fsp3) is 0.200. The Hall–Kier alpha value is -3.02. The van der Waals surface area contributed by atoms with E-state index in [1.165, 1.54) is 50.1 Å². The highest BCUT2D eigenvalue weighted by atomic mass is 31.1. The Balaban J connectivity index is 1.93. The van der Waals surface area contributed by atoms with Crippen molar-refractivity contribution in [1.29, 1.82) is 0 Å². The van der Waals surface area contributed by atoms with Crippen LogP contribution >= 0.6 is 8.46 Å². The van der Waals surface area contributed by atoms with Crippen LogP contribution < -0.4 is 0 Å². The maximum Gasteiger partial charge on any atom is 0.167 e. The van der Waals surface area contributed by atoms with Gasteiger partial charge in [0.25, 0.3) is 0 Å². The van der Waals surface area contributed by atoms with Gasteiger partial charge in [0.05, 0.1) is 5.66 Å². The van der Waals surface area contributed by atoms with Crippen LogP contribution in [0.3, 0.4) is 0 Å². The molecule has 0 aromatic heterocycles. The summed E-state index contributed by atoms with van der Waals surface area (Å²) >= 11 is 0. The predicted molar refractivity (Wildman–Crippen MR) is 138 cm³/mol. The molecular formula is C30H29OP. The van der Waals surface area contributed by atoms with Crippen molar-refractivity contribution in [2.75, 3.05) is 0 Å². The van der Waals surface area contributed by atoms with Gasteiger partial charge in [-0.05, 0) is 78.2 Å². The van der Waals surface area contributed by atoms with Gasteiger partial charge in [0.1, 0.15) is 0 Å². The first-order valence-electron chi connectivity index (χ1n) is 11.2. The number of hydrogen-bond acceptors (Lipinski definition) is 1. The second-order valence-electron chi connectivity index (χ2n) is 8.49. The van der Waals surface area contributed by atoms with E-state index in [0.717, 1.165) is 12.8 Å². The monoisotopic (exact) mass is 436 g/mol. The molecule has 4 rings (SSSR count). The van der Waals surface area contributed by atoms with Crippen LogP contribution in [-0.4, -0.2) is 5.66 Å². The van der Waals surface area contributed by atoms with E-state index in [0.29, 0.717) is 0 Å². The van der Waals surface area contributed by atoms with Crippen molar-refractivity contribution in [2.45, 2.75) is 39.3 Å². The summed E-state index contributed by atoms with van der Waals surface area (Å²) in [5.74, 6) is 0. The topological polar surface area (TPSA) is 17.1 Å². The van der Waals surface area contributed by atoms with E-state index >= 15 is 0 Å². The SMILES string of the molecule is CC(=C1CC(=C(C)c2ccccc2)C(P=O)C(=C(C)c2ccccc2)C1)c1ccccc1. The Bertz CT molecular complexity index is 1120. The van der Waals surface area contributed by atoms with Gasteiger partial charge in [0.2, 0.25) is 0 Å². The van der Waals surface area contributed by atoms with Crippen LogP contribution in [0.15, 0.2) is 108 Å². The fourth-order valence-electron chi connectivity index (χ4n) is 4.63. The van der Waals surface area contributed by atoms with E-state index in [1.807, 2.05) is 12.1 Å². The molecule has 160 valence electrons.